The maximum absolute atomic E-state index is 12.3. The highest BCUT2D eigenvalue weighted by Gasteiger charge is 2.36. The number of sulfonamides is 1. The maximum Gasteiger partial charge on any atom is 0.324 e. The molecule has 120 valence electrons. The van der Waals surface area contributed by atoms with Crippen LogP contribution in [0.4, 0.5) is 5.00 Å². The van der Waals surface area contributed by atoms with Crippen molar-refractivity contribution in [3.63, 3.8) is 0 Å². The number of hydrogen-bond acceptors (Lipinski definition) is 7. The third kappa shape index (κ3) is 3.60. The first-order valence-electron chi connectivity index (χ1n) is 6.26. The molecule has 1 unspecified atom stereocenters. The average Bonchev–Trinajstić information content (AvgIpc) is 3.05. The van der Waals surface area contributed by atoms with Gasteiger partial charge in [-0.05, 0) is 18.9 Å². The third-order valence-electron chi connectivity index (χ3n) is 3.08. The van der Waals surface area contributed by atoms with Crippen molar-refractivity contribution in [2.45, 2.75) is 18.9 Å². The Labute approximate surface area is 130 Å². The number of amides is 2. The molecule has 0 aliphatic carbocycles. The standard InChI is InChI=1S/C11H13N3O6S2/c1-22(19,20)12-10(15)7-3-2-6-13(7)11(16)8-4-5-9(21-8)14(17)18/h4-5,7H,2-3,6H2,1H3,(H,12,15). The van der Waals surface area contributed by atoms with Crippen molar-refractivity contribution >= 4 is 38.2 Å². The fraction of sp³-hybridized carbons (Fsp3) is 0.455. The molecule has 2 rings (SSSR count). The number of likely N-dealkylation sites (tertiary alicyclic amines) is 1. The number of carbonyl (C=O) groups excluding carboxylic acids is 2. The lowest BCUT2D eigenvalue weighted by molar-refractivity contribution is -0.380. The topological polar surface area (TPSA) is 127 Å². The smallest absolute Gasteiger partial charge is 0.324 e. The van der Waals surface area contributed by atoms with Gasteiger partial charge in [0.15, 0.2) is 0 Å². The fourth-order valence-corrected chi connectivity index (χ4v) is 3.49. The van der Waals surface area contributed by atoms with E-state index in [1.807, 2.05) is 4.72 Å². The molecule has 1 fully saturated rings. The number of nitrogens with zero attached hydrogens (tertiary/aromatic N) is 2. The molecule has 1 atom stereocenters. The molecular weight excluding hydrogens is 334 g/mol. The lowest BCUT2D eigenvalue weighted by Crippen LogP contribution is -2.47. The van der Waals surface area contributed by atoms with Gasteiger partial charge >= 0.3 is 5.00 Å². The van der Waals surface area contributed by atoms with Crippen molar-refractivity contribution < 1.29 is 22.9 Å². The molecular formula is C11H13N3O6S2. The molecule has 1 aromatic rings. The monoisotopic (exact) mass is 347 g/mol. The normalized spacial score (nSPS) is 18.2. The number of carbonyl (C=O) groups is 2. The zero-order valence-electron chi connectivity index (χ0n) is 11.5. The Balaban J connectivity index is 2.17. The molecule has 1 saturated heterocycles. The first kappa shape index (κ1) is 16.4. The van der Waals surface area contributed by atoms with Gasteiger partial charge < -0.3 is 4.90 Å². The van der Waals surface area contributed by atoms with E-state index >= 15 is 0 Å². The molecule has 11 heteroatoms. The summed E-state index contributed by atoms with van der Waals surface area (Å²) in [5.74, 6) is -1.27. The van der Waals surface area contributed by atoms with Crippen LogP contribution in [0.25, 0.3) is 0 Å². The minimum atomic E-state index is -3.71. The summed E-state index contributed by atoms with van der Waals surface area (Å²) < 4.78 is 24.1. The second-order valence-corrected chi connectivity index (χ2v) is 7.60. The molecule has 1 aliphatic rings. The van der Waals surface area contributed by atoms with Gasteiger partial charge in [-0.2, -0.15) is 0 Å². The van der Waals surface area contributed by atoms with E-state index in [1.165, 1.54) is 17.0 Å². The van der Waals surface area contributed by atoms with Gasteiger partial charge in [0.2, 0.25) is 10.0 Å². The summed E-state index contributed by atoms with van der Waals surface area (Å²) in [6.07, 6.45) is 1.76. The molecule has 0 saturated carbocycles. The first-order valence-corrected chi connectivity index (χ1v) is 8.96. The molecule has 22 heavy (non-hydrogen) atoms. The summed E-state index contributed by atoms with van der Waals surface area (Å²) in [6, 6.07) is 1.66. The zero-order valence-corrected chi connectivity index (χ0v) is 13.1. The second kappa shape index (κ2) is 6.01. The third-order valence-corrected chi connectivity index (χ3v) is 4.68. The van der Waals surface area contributed by atoms with Crippen molar-refractivity contribution in [3.05, 3.63) is 27.1 Å². The van der Waals surface area contributed by atoms with Crippen LogP contribution < -0.4 is 4.72 Å². The van der Waals surface area contributed by atoms with E-state index in [0.29, 0.717) is 19.4 Å². The van der Waals surface area contributed by atoms with E-state index in [-0.39, 0.29) is 9.88 Å². The minimum absolute atomic E-state index is 0.144. The minimum Gasteiger partial charge on any atom is -0.326 e. The van der Waals surface area contributed by atoms with Crippen molar-refractivity contribution in [2.75, 3.05) is 12.8 Å². The van der Waals surface area contributed by atoms with Crippen LogP contribution in [0, 0.1) is 10.1 Å². The first-order chi connectivity index (χ1) is 10.2. The number of nitrogens with one attached hydrogen (secondary N) is 1. The molecule has 2 heterocycles. The van der Waals surface area contributed by atoms with Crippen LogP contribution in [-0.2, 0) is 14.8 Å². The summed E-state index contributed by atoms with van der Waals surface area (Å²) in [4.78, 5) is 35.7. The van der Waals surface area contributed by atoms with Crippen molar-refractivity contribution in [1.29, 1.82) is 0 Å². The Kier molecular flexibility index (Phi) is 4.47. The molecule has 2 amide bonds. The van der Waals surface area contributed by atoms with E-state index in [0.717, 1.165) is 17.6 Å². The van der Waals surface area contributed by atoms with E-state index in [9.17, 15) is 28.1 Å². The van der Waals surface area contributed by atoms with Crippen LogP contribution in [0.5, 0.6) is 0 Å². The van der Waals surface area contributed by atoms with Crippen LogP contribution in [-0.4, -0.2) is 48.9 Å². The highest BCUT2D eigenvalue weighted by Crippen LogP contribution is 2.28. The van der Waals surface area contributed by atoms with Gasteiger partial charge in [-0.15, -0.1) is 0 Å². The molecule has 9 nitrogen and oxygen atoms in total. The second-order valence-electron chi connectivity index (χ2n) is 4.79. The summed E-state index contributed by atoms with van der Waals surface area (Å²) in [7, 11) is -3.71. The van der Waals surface area contributed by atoms with Crippen molar-refractivity contribution in [1.82, 2.24) is 9.62 Å². The summed E-state index contributed by atoms with van der Waals surface area (Å²) in [5.41, 5.74) is 0. The summed E-state index contributed by atoms with van der Waals surface area (Å²) in [5, 5.41) is 10.5. The maximum atomic E-state index is 12.3. The van der Waals surface area contributed by atoms with Crippen LogP contribution in [0.1, 0.15) is 22.5 Å². The number of rotatable bonds is 4. The highest BCUT2D eigenvalue weighted by molar-refractivity contribution is 7.89. The fourth-order valence-electron chi connectivity index (χ4n) is 2.22. The Morgan fingerprint density at radius 1 is 1.45 bits per heavy atom. The highest BCUT2D eigenvalue weighted by atomic mass is 32.2. The van der Waals surface area contributed by atoms with Gasteiger partial charge in [0, 0.05) is 12.6 Å². The molecule has 0 bridgehead atoms. The summed E-state index contributed by atoms with van der Waals surface area (Å²) >= 11 is 0.723. The number of nitro groups is 1. The van der Waals surface area contributed by atoms with E-state index in [2.05, 4.69) is 0 Å². The predicted molar refractivity (Wildman–Crippen MR) is 78.0 cm³/mol. The SMILES string of the molecule is CS(=O)(=O)NC(=O)C1CCCN1C(=O)c1ccc([N+](=O)[O-])s1. The van der Waals surface area contributed by atoms with E-state index in [4.69, 9.17) is 0 Å². The van der Waals surface area contributed by atoms with Crippen molar-refractivity contribution in [2.24, 2.45) is 0 Å². The number of thiophene rings is 1. The number of hydrogen-bond donors (Lipinski definition) is 1. The largest absolute Gasteiger partial charge is 0.326 e. The van der Waals surface area contributed by atoms with Crippen LogP contribution >= 0.6 is 11.3 Å². The Hall–Kier alpha value is -2.01. The van der Waals surface area contributed by atoms with Gasteiger partial charge in [0.25, 0.3) is 11.8 Å². The van der Waals surface area contributed by atoms with Crippen molar-refractivity contribution in [3.8, 4) is 0 Å². The average molecular weight is 347 g/mol. The lowest BCUT2D eigenvalue weighted by atomic mass is 10.2. The van der Waals surface area contributed by atoms with E-state index < -0.39 is 32.8 Å². The predicted octanol–water partition coefficient (Wildman–Crippen LogP) is 0.337. The van der Waals surface area contributed by atoms with Gasteiger partial charge in [-0.1, -0.05) is 11.3 Å². The van der Waals surface area contributed by atoms with Crippen LogP contribution in [0.3, 0.4) is 0 Å². The molecule has 0 radical (unpaired) electrons. The Morgan fingerprint density at radius 3 is 2.68 bits per heavy atom. The Bertz CT molecular complexity index is 726. The molecule has 1 aliphatic heterocycles. The van der Waals surface area contributed by atoms with Crippen LogP contribution in [0.15, 0.2) is 12.1 Å². The van der Waals surface area contributed by atoms with Gasteiger partial charge in [-0.25, -0.2) is 8.42 Å². The quantitative estimate of drug-likeness (QED) is 0.618. The van der Waals surface area contributed by atoms with Crippen LogP contribution in [0.2, 0.25) is 0 Å². The van der Waals surface area contributed by atoms with Gasteiger partial charge in [-0.3, -0.25) is 24.4 Å². The zero-order chi connectivity index (χ0) is 16.5. The molecule has 0 aromatic carbocycles. The molecule has 1 N–H and O–H groups in total. The Morgan fingerprint density at radius 2 is 2.14 bits per heavy atom. The van der Waals surface area contributed by atoms with E-state index in [1.54, 1.807) is 0 Å². The molecule has 1 aromatic heterocycles. The lowest BCUT2D eigenvalue weighted by Gasteiger charge is -2.22. The van der Waals surface area contributed by atoms with Gasteiger partial charge in [0.05, 0.1) is 16.1 Å². The molecule has 0 spiro atoms. The van der Waals surface area contributed by atoms with Gasteiger partial charge in [0.1, 0.15) is 6.04 Å². The summed E-state index contributed by atoms with van der Waals surface area (Å²) in [6.45, 7) is 0.298.